The third-order valence-electron chi connectivity index (χ3n) is 2.60. The summed E-state index contributed by atoms with van der Waals surface area (Å²) in [6.45, 7) is 4.69. The van der Waals surface area contributed by atoms with Gasteiger partial charge in [0.05, 0.1) is 12.5 Å². The fourth-order valence-corrected chi connectivity index (χ4v) is 1.58. The van der Waals surface area contributed by atoms with E-state index < -0.39 is 11.9 Å². The summed E-state index contributed by atoms with van der Waals surface area (Å²) < 4.78 is 5.19. The van der Waals surface area contributed by atoms with E-state index in [4.69, 9.17) is 9.84 Å². The maximum Gasteiger partial charge on any atom is 0.309 e. The van der Waals surface area contributed by atoms with Gasteiger partial charge in [0.15, 0.2) is 0 Å². The highest BCUT2D eigenvalue weighted by atomic mass is 16.5. The molecule has 0 heterocycles. The quantitative estimate of drug-likeness (QED) is 0.803. The summed E-state index contributed by atoms with van der Waals surface area (Å²) in [6, 6.07) is 7.85. The van der Waals surface area contributed by atoms with Crippen LogP contribution >= 0.6 is 0 Å². The Labute approximate surface area is 96.1 Å². The number of aliphatic carboxylic acids is 1. The van der Waals surface area contributed by atoms with Crippen molar-refractivity contribution < 1.29 is 14.6 Å². The number of hydrogen-bond donors (Lipinski definition) is 1. The maximum absolute atomic E-state index is 11.0. The number of ether oxygens (including phenoxy) is 1. The summed E-state index contributed by atoms with van der Waals surface area (Å²) in [6.07, 6.45) is 0.530. The number of benzene rings is 1. The number of carboxylic acid groups (broad SMARTS) is 1. The minimum Gasteiger partial charge on any atom is -0.481 e. The second-order valence-corrected chi connectivity index (χ2v) is 3.83. The summed E-state index contributed by atoms with van der Waals surface area (Å²) in [7, 11) is 0. The first-order valence-corrected chi connectivity index (χ1v) is 5.50. The lowest BCUT2D eigenvalue weighted by molar-refractivity contribution is -0.143. The van der Waals surface area contributed by atoms with Crippen molar-refractivity contribution in [2.45, 2.75) is 20.3 Å². The molecule has 1 atom stereocenters. The molecule has 0 aromatic heterocycles. The highest BCUT2D eigenvalue weighted by molar-refractivity contribution is 5.70. The van der Waals surface area contributed by atoms with Crippen molar-refractivity contribution in [1.82, 2.24) is 0 Å². The molecular formula is C13H18O3. The molecule has 3 heteroatoms. The molecule has 0 saturated carbocycles. The van der Waals surface area contributed by atoms with E-state index in [-0.39, 0.29) is 6.61 Å². The molecule has 0 bridgehead atoms. The summed E-state index contributed by atoms with van der Waals surface area (Å²) in [4.78, 5) is 11.0. The topological polar surface area (TPSA) is 46.5 Å². The van der Waals surface area contributed by atoms with Crippen LogP contribution in [0, 0.1) is 12.8 Å². The van der Waals surface area contributed by atoms with Gasteiger partial charge >= 0.3 is 5.97 Å². The van der Waals surface area contributed by atoms with E-state index in [2.05, 4.69) is 0 Å². The van der Waals surface area contributed by atoms with E-state index in [0.717, 1.165) is 11.1 Å². The minimum absolute atomic E-state index is 0.278. The van der Waals surface area contributed by atoms with E-state index in [0.29, 0.717) is 13.0 Å². The Morgan fingerprint density at radius 1 is 1.44 bits per heavy atom. The van der Waals surface area contributed by atoms with Gasteiger partial charge in [-0.25, -0.2) is 0 Å². The standard InChI is InChI=1S/C13H18O3/c1-3-16-9-12(13(14)15)8-11-7-5-4-6-10(11)2/h4-7,12H,3,8-9H2,1-2H3,(H,14,15). The smallest absolute Gasteiger partial charge is 0.309 e. The molecule has 0 amide bonds. The summed E-state index contributed by atoms with van der Waals surface area (Å²) in [5.41, 5.74) is 2.21. The normalized spacial score (nSPS) is 12.4. The average molecular weight is 222 g/mol. The Morgan fingerprint density at radius 2 is 2.12 bits per heavy atom. The lowest BCUT2D eigenvalue weighted by Crippen LogP contribution is -2.22. The molecule has 0 spiro atoms. The van der Waals surface area contributed by atoms with Crippen molar-refractivity contribution >= 4 is 5.97 Å². The minimum atomic E-state index is -0.795. The molecule has 88 valence electrons. The van der Waals surface area contributed by atoms with Crippen LogP contribution in [0.15, 0.2) is 24.3 Å². The zero-order chi connectivity index (χ0) is 12.0. The molecule has 3 nitrogen and oxygen atoms in total. The molecule has 0 radical (unpaired) electrons. The highest BCUT2D eigenvalue weighted by Gasteiger charge is 2.18. The van der Waals surface area contributed by atoms with Gasteiger partial charge in [0, 0.05) is 6.61 Å². The number of aryl methyl sites for hydroxylation is 1. The van der Waals surface area contributed by atoms with Crippen molar-refractivity contribution in [2.24, 2.45) is 5.92 Å². The Bertz CT molecular complexity index is 347. The number of hydrogen-bond acceptors (Lipinski definition) is 2. The van der Waals surface area contributed by atoms with Crippen molar-refractivity contribution in [2.75, 3.05) is 13.2 Å². The van der Waals surface area contributed by atoms with E-state index in [9.17, 15) is 4.79 Å². The van der Waals surface area contributed by atoms with Gasteiger partial charge in [0.25, 0.3) is 0 Å². The number of carbonyl (C=O) groups is 1. The zero-order valence-electron chi connectivity index (χ0n) is 9.77. The van der Waals surface area contributed by atoms with Crippen LogP contribution in [0.25, 0.3) is 0 Å². The van der Waals surface area contributed by atoms with Crippen LogP contribution in [0.5, 0.6) is 0 Å². The van der Waals surface area contributed by atoms with Gasteiger partial charge in [-0.15, -0.1) is 0 Å². The largest absolute Gasteiger partial charge is 0.481 e. The Balaban J connectivity index is 2.68. The molecule has 1 unspecified atom stereocenters. The third-order valence-corrected chi connectivity index (χ3v) is 2.60. The third kappa shape index (κ3) is 3.66. The first-order chi connectivity index (χ1) is 7.65. The van der Waals surface area contributed by atoms with Crippen LogP contribution in [0.4, 0.5) is 0 Å². The van der Waals surface area contributed by atoms with Gasteiger partial charge in [-0.1, -0.05) is 24.3 Å². The van der Waals surface area contributed by atoms with Gasteiger partial charge in [-0.05, 0) is 31.4 Å². The summed E-state index contributed by atoms with van der Waals surface area (Å²) in [5.74, 6) is -1.25. The molecule has 16 heavy (non-hydrogen) atoms. The first kappa shape index (κ1) is 12.7. The number of rotatable bonds is 6. The van der Waals surface area contributed by atoms with E-state index in [1.54, 1.807) is 0 Å². The predicted molar refractivity (Wildman–Crippen MR) is 62.5 cm³/mol. The van der Waals surface area contributed by atoms with Gasteiger partial charge in [0.1, 0.15) is 0 Å². The molecule has 1 aromatic carbocycles. The molecule has 1 aromatic rings. The Morgan fingerprint density at radius 3 is 2.69 bits per heavy atom. The second-order valence-electron chi connectivity index (χ2n) is 3.83. The van der Waals surface area contributed by atoms with Crippen LogP contribution in [0.1, 0.15) is 18.1 Å². The molecule has 0 saturated heterocycles. The molecule has 0 fully saturated rings. The van der Waals surface area contributed by atoms with E-state index >= 15 is 0 Å². The highest BCUT2D eigenvalue weighted by Crippen LogP contribution is 2.14. The Hall–Kier alpha value is -1.35. The van der Waals surface area contributed by atoms with Crippen molar-refractivity contribution in [1.29, 1.82) is 0 Å². The molecule has 0 aliphatic rings. The Kier molecular flexibility index (Phi) is 4.99. The van der Waals surface area contributed by atoms with Crippen molar-refractivity contribution in [3.05, 3.63) is 35.4 Å². The lowest BCUT2D eigenvalue weighted by atomic mass is 9.97. The molecule has 0 aliphatic heterocycles. The molecule has 0 aliphatic carbocycles. The lowest BCUT2D eigenvalue weighted by Gasteiger charge is -2.13. The van der Waals surface area contributed by atoms with Crippen LogP contribution < -0.4 is 0 Å². The summed E-state index contributed by atoms with van der Waals surface area (Å²) >= 11 is 0. The SMILES string of the molecule is CCOCC(Cc1ccccc1C)C(=O)O. The fourth-order valence-electron chi connectivity index (χ4n) is 1.58. The molecular weight excluding hydrogens is 204 g/mol. The fraction of sp³-hybridized carbons (Fsp3) is 0.462. The predicted octanol–water partition coefficient (Wildman–Crippen LogP) is 2.27. The van der Waals surface area contributed by atoms with E-state index in [1.165, 1.54) is 0 Å². The summed E-state index contributed by atoms with van der Waals surface area (Å²) in [5, 5.41) is 9.07. The number of carboxylic acids is 1. The average Bonchev–Trinajstić information content (AvgIpc) is 2.26. The first-order valence-electron chi connectivity index (χ1n) is 5.50. The van der Waals surface area contributed by atoms with Crippen molar-refractivity contribution in [3.63, 3.8) is 0 Å². The van der Waals surface area contributed by atoms with Gasteiger partial charge in [-0.2, -0.15) is 0 Å². The monoisotopic (exact) mass is 222 g/mol. The second kappa shape index (κ2) is 6.28. The van der Waals surface area contributed by atoms with Crippen LogP contribution in [0.2, 0.25) is 0 Å². The van der Waals surface area contributed by atoms with Crippen LogP contribution in [0.3, 0.4) is 0 Å². The van der Waals surface area contributed by atoms with Crippen LogP contribution in [-0.2, 0) is 16.0 Å². The molecule has 1 rings (SSSR count). The van der Waals surface area contributed by atoms with Crippen molar-refractivity contribution in [3.8, 4) is 0 Å². The van der Waals surface area contributed by atoms with Crippen LogP contribution in [-0.4, -0.2) is 24.3 Å². The van der Waals surface area contributed by atoms with Gasteiger partial charge in [0.2, 0.25) is 0 Å². The molecule has 1 N–H and O–H groups in total. The van der Waals surface area contributed by atoms with E-state index in [1.807, 2.05) is 38.1 Å². The van der Waals surface area contributed by atoms with Gasteiger partial charge < -0.3 is 9.84 Å². The zero-order valence-corrected chi connectivity index (χ0v) is 9.77. The maximum atomic E-state index is 11.0. The van der Waals surface area contributed by atoms with Gasteiger partial charge in [-0.3, -0.25) is 4.79 Å².